The van der Waals surface area contributed by atoms with Gasteiger partial charge in [-0.05, 0) is 48.0 Å². The first-order valence-corrected chi connectivity index (χ1v) is 10.2. The topological polar surface area (TPSA) is 101 Å². The zero-order valence-electron chi connectivity index (χ0n) is 16.6. The van der Waals surface area contributed by atoms with E-state index < -0.39 is 46.2 Å². The van der Waals surface area contributed by atoms with Crippen LogP contribution >= 0.6 is 11.6 Å². The molecule has 164 valence electrons. The van der Waals surface area contributed by atoms with Crippen molar-refractivity contribution in [2.24, 2.45) is 0 Å². The summed E-state index contributed by atoms with van der Waals surface area (Å²) in [7, 11) is 0. The third-order valence-corrected chi connectivity index (χ3v) is 6.04. The van der Waals surface area contributed by atoms with Crippen LogP contribution in [0.5, 0.6) is 0 Å². The van der Waals surface area contributed by atoms with Crippen molar-refractivity contribution < 1.29 is 23.7 Å². The maximum Gasteiger partial charge on any atom is 0.282 e. The highest BCUT2D eigenvalue weighted by atomic mass is 35.5. The fraction of sp³-hybridized carbons (Fsp3) is 0.0870. The molecule has 10 heteroatoms. The molecule has 0 bridgehead atoms. The fourth-order valence-electron chi connectivity index (χ4n) is 4.30. The number of hydrogen-bond acceptors (Lipinski definition) is 5. The van der Waals surface area contributed by atoms with Crippen molar-refractivity contribution in [3.05, 3.63) is 104 Å². The number of rotatable bonds is 4. The predicted octanol–water partition coefficient (Wildman–Crippen LogP) is 4.14. The summed E-state index contributed by atoms with van der Waals surface area (Å²) in [5.41, 5.74) is -0.0273. The number of carbonyl (C=O) groups is 3. The Morgan fingerprint density at radius 3 is 2.15 bits per heavy atom. The molecule has 0 aromatic heterocycles. The van der Waals surface area contributed by atoms with Crippen molar-refractivity contribution in [3.63, 3.8) is 0 Å². The minimum Gasteiger partial charge on any atom is -0.300 e. The van der Waals surface area contributed by atoms with E-state index in [0.29, 0.717) is 16.3 Å². The molecule has 8 nitrogen and oxygen atoms in total. The number of nitrogens with zero attached hydrogens (tertiary/aromatic N) is 3. The molecule has 3 aromatic carbocycles. The van der Waals surface area contributed by atoms with E-state index in [4.69, 9.17) is 11.6 Å². The fourth-order valence-corrected chi connectivity index (χ4v) is 4.42. The third-order valence-electron chi connectivity index (χ3n) is 5.78. The quantitative estimate of drug-likeness (QED) is 0.249. The van der Waals surface area contributed by atoms with Gasteiger partial charge in [0.25, 0.3) is 23.4 Å². The van der Waals surface area contributed by atoms with Gasteiger partial charge in [0, 0.05) is 16.8 Å². The standard InChI is InChI=1S/C23H13ClFN3O5/c24-13-6-10-15(11-7-13)26-19(12-4-8-14(25)9-5-12)20(23(26)31)27-21(29)16-2-1-3-17(28(32)33)18(16)22(27)30/h1-11,19-20H. The van der Waals surface area contributed by atoms with Crippen LogP contribution in [0.1, 0.15) is 32.3 Å². The van der Waals surface area contributed by atoms with Gasteiger partial charge in [0.15, 0.2) is 0 Å². The first-order valence-electron chi connectivity index (χ1n) is 9.79. The van der Waals surface area contributed by atoms with Gasteiger partial charge in [0.2, 0.25) is 0 Å². The molecular weight excluding hydrogens is 453 g/mol. The number of nitro benzene ring substituents is 1. The van der Waals surface area contributed by atoms with Gasteiger partial charge in [-0.3, -0.25) is 29.4 Å². The van der Waals surface area contributed by atoms with Crippen LogP contribution in [0.4, 0.5) is 15.8 Å². The molecule has 5 rings (SSSR count). The second kappa shape index (κ2) is 7.49. The van der Waals surface area contributed by atoms with Gasteiger partial charge in [0.1, 0.15) is 17.4 Å². The number of halogens is 2. The SMILES string of the molecule is O=C1c2cccc([N+](=O)[O-])c2C(=O)N1C1C(=O)N(c2ccc(Cl)cc2)C1c1ccc(F)cc1. The van der Waals surface area contributed by atoms with Crippen LogP contribution in [0.2, 0.25) is 5.02 Å². The Balaban J connectivity index is 1.60. The van der Waals surface area contributed by atoms with Gasteiger partial charge < -0.3 is 4.90 Å². The lowest BCUT2D eigenvalue weighted by atomic mass is 9.86. The molecule has 1 fully saturated rings. The number of carbonyl (C=O) groups excluding carboxylic acids is 3. The largest absolute Gasteiger partial charge is 0.300 e. The summed E-state index contributed by atoms with van der Waals surface area (Å²) in [6.07, 6.45) is 0. The molecule has 0 N–H and O–H groups in total. The lowest BCUT2D eigenvalue weighted by molar-refractivity contribution is -0.385. The Labute approximate surface area is 190 Å². The van der Waals surface area contributed by atoms with Gasteiger partial charge in [-0.1, -0.05) is 29.8 Å². The number of anilines is 1. The van der Waals surface area contributed by atoms with E-state index in [2.05, 4.69) is 0 Å². The molecule has 2 aliphatic rings. The van der Waals surface area contributed by atoms with Crippen molar-refractivity contribution in [1.29, 1.82) is 0 Å². The second-order valence-electron chi connectivity index (χ2n) is 7.56. The number of hydrogen-bond donors (Lipinski definition) is 0. The molecule has 0 spiro atoms. The lowest BCUT2D eigenvalue weighted by Crippen LogP contribution is -2.67. The highest BCUT2D eigenvalue weighted by Crippen LogP contribution is 2.45. The minimum atomic E-state index is -1.25. The summed E-state index contributed by atoms with van der Waals surface area (Å²) in [5, 5.41) is 11.9. The van der Waals surface area contributed by atoms with Gasteiger partial charge >= 0.3 is 0 Å². The number of fused-ring (bicyclic) bond motifs is 1. The molecule has 1 saturated heterocycles. The van der Waals surface area contributed by atoms with E-state index in [0.717, 1.165) is 11.0 Å². The molecule has 2 heterocycles. The molecule has 3 aromatic rings. The van der Waals surface area contributed by atoms with Gasteiger partial charge in [-0.25, -0.2) is 4.39 Å². The van der Waals surface area contributed by atoms with E-state index in [1.54, 1.807) is 24.3 Å². The van der Waals surface area contributed by atoms with Crippen LogP contribution < -0.4 is 4.90 Å². The zero-order valence-corrected chi connectivity index (χ0v) is 17.4. The molecule has 0 saturated carbocycles. The normalized spacial score (nSPS) is 19.5. The Morgan fingerprint density at radius 1 is 0.848 bits per heavy atom. The van der Waals surface area contributed by atoms with Crippen LogP contribution in [-0.2, 0) is 4.79 Å². The zero-order chi connectivity index (χ0) is 23.4. The van der Waals surface area contributed by atoms with Crippen molar-refractivity contribution in [3.8, 4) is 0 Å². The maximum atomic E-state index is 13.6. The summed E-state index contributed by atoms with van der Waals surface area (Å²) in [6.45, 7) is 0. The summed E-state index contributed by atoms with van der Waals surface area (Å²) in [4.78, 5) is 52.4. The molecule has 33 heavy (non-hydrogen) atoms. The first-order chi connectivity index (χ1) is 15.8. The van der Waals surface area contributed by atoms with Crippen molar-refractivity contribution >= 4 is 40.7 Å². The Kier molecular flexibility index (Phi) is 4.71. The highest BCUT2D eigenvalue weighted by Gasteiger charge is 2.58. The summed E-state index contributed by atoms with van der Waals surface area (Å²) < 4.78 is 13.6. The molecule has 0 radical (unpaired) electrons. The summed E-state index contributed by atoms with van der Waals surface area (Å²) >= 11 is 5.95. The van der Waals surface area contributed by atoms with Crippen molar-refractivity contribution in [2.45, 2.75) is 12.1 Å². The van der Waals surface area contributed by atoms with E-state index in [9.17, 15) is 28.9 Å². The molecule has 2 aliphatic heterocycles. The summed E-state index contributed by atoms with van der Waals surface area (Å²) in [5.74, 6) is -2.75. The molecule has 2 unspecified atom stereocenters. The number of amides is 3. The third kappa shape index (κ3) is 3.08. The Bertz CT molecular complexity index is 1340. The van der Waals surface area contributed by atoms with Gasteiger partial charge in [-0.15, -0.1) is 0 Å². The van der Waals surface area contributed by atoms with Crippen LogP contribution in [-0.4, -0.2) is 33.6 Å². The number of nitro groups is 1. The van der Waals surface area contributed by atoms with Crippen LogP contribution in [0.15, 0.2) is 66.7 Å². The van der Waals surface area contributed by atoms with Crippen molar-refractivity contribution in [1.82, 2.24) is 4.90 Å². The first kappa shape index (κ1) is 20.8. The minimum absolute atomic E-state index is 0.134. The average molecular weight is 466 g/mol. The van der Waals surface area contributed by atoms with Crippen LogP contribution in [0, 0.1) is 15.9 Å². The number of imide groups is 1. The molecule has 3 amide bonds. The maximum absolute atomic E-state index is 13.6. The van der Waals surface area contributed by atoms with Gasteiger partial charge in [-0.2, -0.15) is 0 Å². The Hall–Kier alpha value is -4.11. The van der Waals surface area contributed by atoms with E-state index >= 15 is 0 Å². The Morgan fingerprint density at radius 2 is 1.52 bits per heavy atom. The monoisotopic (exact) mass is 465 g/mol. The number of benzene rings is 3. The predicted molar refractivity (Wildman–Crippen MR) is 115 cm³/mol. The highest BCUT2D eigenvalue weighted by molar-refractivity contribution is 6.30. The molecule has 2 atom stereocenters. The van der Waals surface area contributed by atoms with E-state index in [1.165, 1.54) is 41.3 Å². The summed E-state index contributed by atoms with van der Waals surface area (Å²) in [6, 6.07) is 13.4. The average Bonchev–Trinajstić information content (AvgIpc) is 3.05. The van der Waals surface area contributed by atoms with Gasteiger partial charge in [0.05, 0.1) is 16.5 Å². The van der Waals surface area contributed by atoms with Crippen LogP contribution in [0.25, 0.3) is 0 Å². The number of β-lactam (4-membered cyclic amide) rings is 1. The molecule has 0 aliphatic carbocycles. The second-order valence-corrected chi connectivity index (χ2v) is 8.00. The smallest absolute Gasteiger partial charge is 0.282 e. The van der Waals surface area contributed by atoms with Crippen LogP contribution in [0.3, 0.4) is 0 Å². The van der Waals surface area contributed by atoms with Crippen molar-refractivity contribution in [2.75, 3.05) is 4.90 Å². The lowest BCUT2D eigenvalue weighted by Gasteiger charge is -2.49. The van der Waals surface area contributed by atoms with E-state index in [1.807, 2.05) is 0 Å². The van der Waals surface area contributed by atoms with E-state index in [-0.39, 0.29) is 11.1 Å². The molecular formula is C23H13ClFN3O5.